The molecular formula is C16H16BrNO2. The Morgan fingerprint density at radius 1 is 1.25 bits per heavy atom. The maximum absolute atomic E-state index is 5.83. The fourth-order valence-electron chi connectivity index (χ4n) is 2.28. The summed E-state index contributed by atoms with van der Waals surface area (Å²) in [5.41, 5.74) is 2.22. The first-order chi connectivity index (χ1) is 9.76. The minimum absolute atomic E-state index is 0.166. The summed E-state index contributed by atoms with van der Waals surface area (Å²) in [4.78, 5) is 0. The molecule has 1 heterocycles. The molecule has 0 saturated carbocycles. The van der Waals surface area contributed by atoms with Crippen LogP contribution in [-0.2, 0) is 0 Å². The average molecular weight is 334 g/mol. The Morgan fingerprint density at radius 3 is 2.80 bits per heavy atom. The van der Waals surface area contributed by atoms with Crippen molar-refractivity contribution in [2.45, 2.75) is 13.0 Å². The number of benzene rings is 2. The molecule has 20 heavy (non-hydrogen) atoms. The van der Waals surface area contributed by atoms with Gasteiger partial charge in [0.05, 0.1) is 18.3 Å². The van der Waals surface area contributed by atoms with Crippen LogP contribution in [0.4, 0.5) is 5.69 Å². The van der Waals surface area contributed by atoms with Gasteiger partial charge in [-0.2, -0.15) is 0 Å². The summed E-state index contributed by atoms with van der Waals surface area (Å²) < 4.78 is 12.3. The normalized spacial score (nSPS) is 16.8. The second-order valence-electron chi connectivity index (χ2n) is 4.65. The van der Waals surface area contributed by atoms with Gasteiger partial charge < -0.3 is 14.8 Å². The third-order valence-electron chi connectivity index (χ3n) is 3.27. The van der Waals surface area contributed by atoms with Crippen LogP contribution in [0.15, 0.2) is 46.9 Å². The molecule has 1 N–H and O–H groups in total. The van der Waals surface area contributed by atoms with E-state index >= 15 is 0 Å². The molecule has 0 aliphatic carbocycles. The molecule has 0 aromatic heterocycles. The molecule has 4 heteroatoms. The average Bonchev–Trinajstić information content (AvgIpc) is 2.48. The van der Waals surface area contributed by atoms with E-state index in [-0.39, 0.29) is 6.04 Å². The summed E-state index contributed by atoms with van der Waals surface area (Å²) in [5.74, 6) is 1.79. The topological polar surface area (TPSA) is 30.5 Å². The number of ether oxygens (including phenoxy) is 2. The zero-order valence-electron chi connectivity index (χ0n) is 11.2. The molecule has 1 unspecified atom stereocenters. The van der Waals surface area contributed by atoms with Crippen molar-refractivity contribution in [2.75, 3.05) is 18.5 Å². The third kappa shape index (κ3) is 2.75. The van der Waals surface area contributed by atoms with Crippen LogP contribution < -0.4 is 14.8 Å². The molecule has 1 aliphatic rings. The summed E-state index contributed by atoms with van der Waals surface area (Å²) >= 11 is 3.45. The predicted molar refractivity (Wildman–Crippen MR) is 83.6 cm³/mol. The highest BCUT2D eigenvalue weighted by molar-refractivity contribution is 9.10. The monoisotopic (exact) mass is 333 g/mol. The smallest absolute Gasteiger partial charge is 0.143 e. The van der Waals surface area contributed by atoms with Crippen molar-refractivity contribution >= 4 is 21.6 Å². The molecule has 2 aromatic carbocycles. The summed E-state index contributed by atoms with van der Waals surface area (Å²) in [6.07, 6.45) is 0. The van der Waals surface area contributed by atoms with Crippen LogP contribution in [0, 0.1) is 0 Å². The number of nitrogens with one attached hydrogen (secondary N) is 1. The van der Waals surface area contributed by atoms with Gasteiger partial charge in [-0.1, -0.05) is 28.1 Å². The second-order valence-corrected chi connectivity index (χ2v) is 5.57. The molecule has 0 fully saturated rings. The van der Waals surface area contributed by atoms with E-state index in [1.165, 1.54) is 5.56 Å². The molecule has 3 rings (SSSR count). The number of hydrogen-bond acceptors (Lipinski definition) is 3. The van der Waals surface area contributed by atoms with Gasteiger partial charge in [0.25, 0.3) is 0 Å². The number of rotatable bonds is 3. The van der Waals surface area contributed by atoms with E-state index < -0.39 is 0 Å². The Morgan fingerprint density at radius 2 is 2.05 bits per heavy atom. The first-order valence-corrected chi connectivity index (χ1v) is 7.47. The van der Waals surface area contributed by atoms with Crippen LogP contribution >= 0.6 is 15.9 Å². The largest absolute Gasteiger partial charge is 0.494 e. The van der Waals surface area contributed by atoms with Crippen molar-refractivity contribution in [3.8, 4) is 11.5 Å². The van der Waals surface area contributed by atoms with E-state index in [0.717, 1.165) is 21.7 Å². The molecule has 1 aliphatic heterocycles. The number of hydrogen-bond donors (Lipinski definition) is 1. The lowest BCUT2D eigenvalue weighted by Gasteiger charge is -2.28. The molecule has 0 amide bonds. The van der Waals surface area contributed by atoms with Gasteiger partial charge in [-0.15, -0.1) is 0 Å². The number of anilines is 1. The zero-order chi connectivity index (χ0) is 13.9. The molecule has 0 bridgehead atoms. The van der Waals surface area contributed by atoms with E-state index in [2.05, 4.69) is 33.4 Å². The standard InChI is InChI=1S/C16H16BrNO2/c1-2-19-13-6-3-11(4-7-13)15-10-20-16-9-12(17)5-8-14(16)18-15/h3-9,15,18H,2,10H2,1H3. The van der Waals surface area contributed by atoms with Crippen LogP contribution in [0.2, 0.25) is 0 Å². The first-order valence-electron chi connectivity index (χ1n) is 6.68. The van der Waals surface area contributed by atoms with E-state index in [1.54, 1.807) is 0 Å². The maximum atomic E-state index is 5.83. The van der Waals surface area contributed by atoms with Gasteiger partial charge in [0.1, 0.15) is 18.1 Å². The van der Waals surface area contributed by atoms with Gasteiger partial charge in [0, 0.05) is 4.47 Å². The quantitative estimate of drug-likeness (QED) is 0.903. The Bertz CT molecular complexity index is 598. The zero-order valence-corrected chi connectivity index (χ0v) is 12.8. The van der Waals surface area contributed by atoms with Crippen LogP contribution in [0.5, 0.6) is 11.5 Å². The van der Waals surface area contributed by atoms with Crippen molar-refractivity contribution in [1.29, 1.82) is 0 Å². The summed E-state index contributed by atoms with van der Waals surface area (Å²) in [7, 11) is 0. The lowest BCUT2D eigenvalue weighted by molar-refractivity contribution is 0.286. The van der Waals surface area contributed by atoms with Gasteiger partial charge in [-0.3, -0.25) is 0 Å². The molecule has 0 spiro atoms. The Kier molecular flexibility index (Phi) is 3.83. The van der Waals surface area contributed by atoms with E-state index in [0.29, 0.717) is 13.2 Å². The molecular weight excluding hydrogens is 318 g/mol. The molecule has 3 nitrogen and oxygen atoms in total. The van der Waals surface area contributed by atoms with Gasteiger partial charge in [0.15, 0.2) is 0 Å². The van der Waals surface area contributed by atoms with E-state index in [1.807, 2.05) is 37.3 Å². The minimum atomic E-state index is 0.166. The molecule has 1 atom stereocenters. The SMILES string of the molecule is CCOc1ccc(C2COc3cc(Br)ccc3N2)cc1. The summed E-state index contributed by atoms with van der Waals surface area (Å²) in [5, 5.41) is 3.51. The Balaban J connectivity index is 1.77. The van der Waals surface area contributed by atoms with E-state index in [4.69, 9.17) is 9.47 Å². The predicted octanol–water partition coefficient (Wildman–Crippen LogP) is 4.39. The van der Waals surface area contributed by atoms with Crippen LogP contribution in [-0.4, -0.2) is 13.2 Å². The van der Waals surface area contributed by atoms with Crippen molar-refractivity contribution in [2.24, 2.45) is 0 Å². The van der Waals surface area contributed by atoms with Crippen molar-refractivity contribution in [3.63, 3.8) is 0 Å². The molecule has 0 saturated heterocycles. The highest BCUT2D eigenvalue weighted by Gasteiger charge is 2.20. The highest BCUT2D eigenvalue weighted by atomic mass is 79.9. The Labute approximate surface area is 127 Å². The number of fused-ring (bicyclic) bond motifs is 1. The van der Waals surface area contributed by atoms with Crippen molar-refractivity contribution < 1.29 is 9.47 Å². The molecule has 104 valence electrons. The van der Waals surface area contributed by atoms with Gasteiger partial charge in [-0.25, -0.2) is 0 Å². The Hall–Kier alpha value is -1.68. The van der Waals surface area contributed by atoms with Crippen molar-refractivity contribution in [3.05, 3.63) is 52.5 Å². The van der Waals surface area contributed by atoms with Crippen LogP contribution in [0.3, 0.4) is 0 Å². The fourth-order valence-corrected chi connectivity index (χ4v) is 2.62. The third-order valence-corrected chi connectivity index (χ3v) is 3.77. The van der Waals surface area contributed by atoms with E-state index in [9.17, 15) is 0 Å². The lowest BCUT2D eigenvalue weighted by atomic mass is 10.1. The second kappa shape index (κ2) is 5.75. The van der Waals surface area contributed by atoms with Gasteiger partial charge in [0.2, 0.25) is 0 Å². The highest BCUT2D eigenvalue weighted by Crippen LogP contribution is 2.35. The fraction of sp³-hybridized carbons (Fsp3) is 0.250. The van der Waals surface area contributed by atoms with Crippen LogP contribution in [0.25, 0.3) is 0 Å². The molecule has 0 radical (unpaired) electrons. The maximum Gasteiger partial charge on any atom is 0.143 e. The van der Waals surface area contributed by atoms with Crippen LogP contribution in [0.1, 0.15) is 18.5 Å². The van der Waals surface area contributed by atoms with Gasteiger partial charge >= 0.3 is 0 Å². The summed E-state index contributed by atoms with van der Waals surface area (Å²) in [6.45, 7) is 3.29. The number of halogens is 1. The summed E-state index contributed by atoms with van der Waals surface area (Å²) in [6, 6.07) is 14.3. The van der Waals surface area contributed by atoms with Crippen molar-refractivity contribution in [1.82, 2.24) is 0 Å². The lowest BCUT2D eigenvalue weighted by Crippen LogP contribution is -2.23. The minimum Gasteiger partial charge on any atom is -0.494 e. The first kappa shape index (κ1) is 13.3. The molecule has 2 aromatic rings. The van der Waals surface area contributed by atoms with Gasteiger partial charge in [-0.05, 0) is 42.8 Å².